The van der Waals surface area contributed by atoms with Gasteiger partial charge in [0.1, 0.15) is 18.5 Å². The summed E-state index contributed by atoms with van der Waals surface area (Å²) in [4.78, 5) is 12.5. The minimum absolute atomic E-state index is 0.293. The maximum Gasteiger partial charge on any atom is 0.342 e. The van der Waals surface area contributed by atoms with Crippen LogP contribution < -0.4 is 10.1 Å². The lowest BCUT2D eigenvalue weighted by atomic mass is 10.1. The lowest BCUT2D eigenvalue weighted by molar-refractivity contribution is 0.416. The molecule has 2 aromatic heterocycles. The minimum Gasteiger partial charge on any atom is -0.404 e. The second-order valence-electron chi connectivity index (χ2n) is 4.09. The summed E-state index contributed by atoms with van der Waals surface area (Å²) >= 11 is 0. The highest BCUT2D eigenvalue weighted by atomic mass is 16.5. The van der Waals surface area contributed by atoms with E-state index in [2.05, 4.69) is 32.3 Å². The Morgan fingerprint density at radius 3 is 2.74 bits per heavy atom. The molecule has 19 heavy (non-hydrogen) atoms. The molecule has 0 atom stereocenters. The standard InChI is InChI=1S/C12H18N6O/c1-4-6-9-10(13-5-2)14-7-15-11(9)19-12-16-8-18(3)17-12/h7-8H,4-6H2,1-3H3,(H,13,14,15). The van der Waals surface area contributed by atoms with E-state index < -0.39 is 0 Å². The van der Waals surface area contributed by atoms with Crippen LogP contribution in [0.2, 0.25) is 0 Å². The maximum atomic E-state index is 5.64. The zero-order valence-electron chi connectivity index (χ0n) is 11.4. The average molecular weight is 262 g/mol. The Labute approximate surface area is 112 Å². The van der Waals surface area contributed by atoms with Gasteiger partial charge in [-0.1, -0.05) is 13.3 Å². The Morgan fingerprint density at radius 1 is 1.26 bits per heavy atom. The first-order valence-electron chi connectivity index (χ1n) is 6.35. The molecule has 0 aromatic carbocycles. The third kappa shape index (κ3) is 3.18. The summed E-state index contributed by atoms with van der Waals surface area (Å²) in [6.45, 7) is 4.93. The van der Waals surface area contributed by atoms with Crippen molar-refractivity contribution in [1.82, 2.24) is 24.7 Å². The van der Waals surface area contributed by atoms with E-state index in [-0.39, 0.29) is 0 Å². The summed E-state index contributed by atoms with van der Waals surface area (Å²) in [7, 11) is 1.79. The normalized spacial score (nSPS) is 10.5. The number of nitrogens with zero attached hydrogens (tertiary/aromatic N) is 5. The molecule has 0 bridgehead atoms. The zero-order valence-corrected chi connectivity index (χ0v) is 11.4. The first-order chi connectivity index (χ1) is 9.24. The van der Waals surface area contributed by atoms with Crippen LogP contribution in [0.5, 0.6) is 11.9 Å². The SMILES string of the molecule is CCCc1c(NCC)ncnc1Oc1ncn(C)n1. The van der Waals surface area contributed by atoms with Crippen LogP contribution in [0.3, 0.4) is 0 Å². The summed E-state index contributed by atoms with van der Waals surface area (Å²) in [5.74, 6) is 1.32. The van der Waals surface area contributed by atoms with Crippen LogP contribution in [-0.2, 0) is 13.5 Å². The molecule has 7 heteroatoms. The second-order valence-corrected chi connectivity index (χ2v) is 4.09. The molecule has 0 fully saturated rings. The van der Waals surface area contributed by atoms with Gasteiger partial charge in [0.05, 0.1) is 5.56 Å². The quantitative estimate of drug-likeness (QED) is 0.855. The van der Waals surface area contributed by atoms with E-state index >= 15 is 0 Å². The van der Waals surface area contributed by atoms with Crippen LogP contribution in [0, 0.1) is 0 Å². The number of anilines is 1. The van der Waals surface area contributed by atoms with Gasteiger partial charge in [0.15, 0.2) is 0 Å². The number of nitrogens with one attached hydrogen (secondary N) is 1. The molecule has 0 aliphatic rings. The number of hydrogen-bond donors (Lipinski definition) is 1. The molecule has 7 nitrogen and oxygen atoms in total. The summed E-state index contributed by atoms with van der Waals surface area (Å²) < 4.78 is 7.22. The van der Waals surface area contributed by atoms with Crippen LogP contribution in [-0.4, -0.2) is 31.3 Å². The van der Waals surface area contributed by atoms with Crippen LogP contribution in [0.1, 0.15) is 25.8 Å². The Balaban J connectivity index is 2.29. The fraction of sp³-hybridized carbons (Fsp3) is 0.500. The molecule has 1 N–H and O–H groups in total. The minimum atomic E-state index is 0.293. The van der Waals surface area contributed by atoms with Crippen LogP contribution in [0.4, 0.5) is 5.82 Å². The van der Waals surface area contributed by atoms with E-state index in [9.17, 15) is 0 Å². The molecule has 2 rings (SSSR count). The largest absolute Gasteiger partial charge is 0.404 e. The number of rotatable bonds is 6. The molecule has 0 amide bonds. The highest BCUT2D eigenvalue weighted by Crippen LogP contribution is 2.26. The first kappa shape index (κ1) is 13.3. The summed E-state index contributed by atoms with van der Waals surface area (Å²) in [5.41, 5.74) is 0.958. The molecule has 0 aliphatic heterocycles. The Bertz CT molecular complexity index is 539. The molecule has 102 valence electrons. The van der Waals surface area contributed by atoms with Gasteiger partial charge in [0.25, 0.3) is 0 Å². The van der Waals surface area contributed by atoms with Gasteiger partial charge in [-0.05, 0) is 13.3 Å². The van der Waals surface area contributed by atoms with Crippen molar-refractivity contribution in [2.45, 2.75) is 26.7 Å². The molecule has 0 aliphatic carbocycles. The smallest absolute Gasteiger partial charge is 0.342 e. The number of ether oxygens (including phenoxy) is 1. The van der Waals surface area contributed by atoms with Gasteiger partial charge in [-0.15, -0.1) is 5.10 Å². The monoisotopic (exact) mass is 262 g/mol. The summed E-state index contributed by atoms with van der Waals surface area (Å²) in [5, 5.41) is 7.30. The Hall–Kier alpha value is -2.18. The maximum absolute atomic E-state index is 5.64. The highest BCUT2D eigenvalue weighted by molar-refractivity contribution is 5.49. The Kier molecular flexibility index (Phi) is 4.27. The molecule has 0 spiro atoms. The summed E-state index contributed by atoms with van der Waals surface area (Å²) in [6, 6.07) is 0.293. The molecule has 0 radical (unpaired) electrons. The van der Waals surface area contributed by atoms with E-state index in [1.54, 1.807) is 18.1 Å². The van der Waals surface area contributed by atoms with Gasteiger partial charge in [0.2, 0.25) is 5.88 Å². The van der Waals surface area contributed by atoms with Crippen molar-refractivity contribution >= 4 is 5.82 Å². The van der Waals surface area contributed by atoms with Crippen molar-refractivity contribution in [2.75, 3.05) is 11.9 Å². The zero-order chi connectivity index (χ0) is 13.7. The van der Waals surface area contributed by atoms with E-state index in [0.717, 1.165) is 30.8 Å². The third-order valence-electron chi connectivity index (χ3n) is 2.52. The molecule has 0 saturated heterocycles. The molecule has 0 saturated carbocycles. The topological polar surface area (TPSA) is 77.8 Å². The fourth-order valence-corrected chi connectivity index (χ4v) is 1.73. The second kappa shape index (κ2) is 6.12. The number of hydrogen-bond acceptors (Lipinski definition) is 6. The van der Waals surface area contributed by atoms with Gasteiger partial charge in [-0.25, -0.2) is 9.97 Å². The average Bonchev–Trinajstić information content (AvgIpc) is 2.79. The van der Waals surface area contributed by atoms with Crippen molar-refractivity contribution < 1.29 is 4.74 Å². The van der Waals surface area contributed by atoms with Crippen LogP contribution in [0.25, 0.3) is 0 Å². The summed E-state index contributed by atoms with van der Waals surface area (Å²) in [6.07, 6.45) is 4.89. The lowest BCUT2D eigenvalue weighted by Gasteiger charge is -2.11. The van der Waals surface area contributed by atoms with Crippen molar-refractivity contribution in [2.24, 2.45) is 7.05 Å². The molecular formula is C12H18N6O. The number of aryl methyl sites for hydroxylation is 1. The van der Waals surface area contributed by atoms with Gasteiger partial charge in [-0.2, -0.15) is 4.98 Å². The molecular weight excluding hydrogens is 244 g/mol. The lowest BCUT2D eigenvalue weighted by Crippen LogP contribution is -2.06. The molecule has 2 heterocycles. The predicted octanol–water partition coefficient (Wildman–Crippen LogP) is 1.78. The van der Waals surface area contributed by atoms with Crippen molar-refractivity contribution in [1.29, 1.82) is 0 Å². The van der Waals surface area contributed by atoms with E-state index in [1.165, 1.54) is 6.33 Å². The van der Waals surface area contributed by atoms with Gasteiger partial charge >= 0.3 is 6.01 Å². The highest BCUT2D eigenvalue weighted by Gasteiger charge is 2.13. The van der Waals surface area contributed by atoms with Gasteiger partial charge < -0.3 is 10.1 Å². The van der Waals surface area contributed by atoms with Gasteiger partial charge in [-0.3, -0.25) is 4.68 Å². The first-order valence-corrected chi connectivity index (χ1v) is 6.35. The molecule has 2 aromatic rings. The molecule has 0 unspecified atom stereocenters. The van der Waals surface area contributed by atoms with Crippen molar-refractivity contribution in [3.63, 3.8) is 0 Å². The fourth-order valence-electron chi connectivity index (χ4n) is 1.73. The van der Waals surface area contributed by atoms with Crippen LogP contribution >= 0.6 is 0 Å². The van der Waals surface area contributed by atoms with E-state index in [0.29, 0.717) is 11.9 Å². The van der Waals surface area contributed by atoms with Crippen molar-refractivity contribution in [3.05, 3.63) is 18.2 Å². The number of aromatic nitrogens is 5. The third-order valence-corrected chi connectivity index (χ3v) is 2.52. The Morgan fingerprint density at radius 2 is 2.11 bits per heavy atom. The van der Waals surface area contributed by atoms with E-state index in [1.807, 2.05) is 6.92 Å². The van der Waals surface area contributed by atoms with E-state index in [4.69, 9.17) is 4.74 Å². The predicted molar refractivity (Wildman–Crippen MR) is 71.3 cm³/mol. The van der Waals surface area contributed by atoms with Crippen LogP contribution in [0.15, 0.2) is 12.7 Å². The van der Waals surface area contributed by atoms with Gasteiger partial charge in [0, 0.05) is 13.6 Å². The van der Waals surface area contributed by atoms with Crippen molar-refractivity contribution in [3.8, 4) is 11.9 Å².